The number of hydrogen-bond acceptors (Lipinski definition) is 3. The van der Waals surface area contributed by atoms with Crippen LogP contribution in [0.25, 0.3) is 11.3 Å². The zero-order valence-electron chi connectivity index (χ0n) is 14.5. The van der Waals surface area contributed by atoms with Crippen molar-refractivity contribution in [2.45, 2.75) is 19.3 Å². The van der Waals surface area contributed by atoms with Gasteiger partial charge >= 0.3 is 0 Å². The Hall–Kier alpha value is -2.53. The van der Waals surface area contributed by atoms with Gasteiger partial charge in [0.25, 0.3) is 5.91 Å². The fourth-order valence-electron chi connectivity index (χ4n) is 3.51. The minimum Gasteiger partial charge on any atom is -0.337 e. The SMILES string of the molecule is Cc1nc(-c2ccccc2)c(C(=O)N2CCC(c3ccccc3F)C2)s1. The summed E-state index contributed by atoms with van der Waals surface area (Å²) in [5, 5.41) is 0.872. The van der Waals surface area contributed by atoms with Crippen molar-refractivity contribution in [1.82, 2.24) is 9.88 Å². The van der Waals surface area contributed by atoms with E-state index in [0.29, 0.717) is 23.5 Å². The van der Waals surface area contributed by atoms with Gasteiger partial charge in [-0.1, -0.05) is 48.5 Å². The van der Waals surface area contributed by atoms with Crippen LogP contribution in [0.2, 0.25) is 0 Å². The highest BCUT2D eigenvalue weighted by Gasteiger charge is 2.31. The normalized spacial score (nSPS) is 16.8. The lowest BCUT2D eigenvalue weighted by Gasteiger charge is -2.17. The van der Waals surface area contributed by atoms with E-state index < -0.39 is 0 Å². The summed E-state index contributed by atoms with van der Waals surface area (Å²) in [6.45, 7) is 3.11. The van der Waals surface area contributed by atoms with E-state index in [1.54, 1.807) is 6.07 Å². The van der Waals surface area contributed by atoms with E-state index in [1.807, 2.05) is 54.3 Å². The largest absolute Gasteiger partial charge is 0.337 e. The maximum Gasteiger partial charge on any atom is 0.266 e. The van der Waals surface area contributed by atoms with Crippen LogP contribution in [0, 0.1) is 12.7 Å². The smallest absolute Gasteiger partial charge is 0.266 e. The fraction of sp³-hybridized carbons (Fsp3) is 0.238. The molecule has 0 radical (unpaired) electrons. The Morgan fingerprint density at radius 2 is 1.88 bits per heavy atom. The molecule has 1 aromatic heterocycles. The van der Waals surface area contributed by atoms with E-state index in [9.17, 15) is 9.18 Å². The summed E-state index contributed by atoms with van der Waals surface area (Å²) in [6.07, 6.45) is 0.783. The van der Waals surface area contributed by atoms with Gasteiger partial charge in [0.1, 0.15) is 10.7 Å². The van der Waals surface area contributed by atoms with E-state index in [4.69, 9.17) is 0 Å². The second-order valence-electron chi connectivity index (χ2n) is 6.53. The van der Waals surface area contributed by atoms with Gasteiger partial charge in [-0.15, -0.1) is 11.3 Å². The Bertz CT molecular complexity index is 938. The van der Waals surface area contributed by atoms with Gasteiger partial charge in [0.05, 0.1) is 10.7 Å². The van der Waals surface area contributed by atoms with Gasteiger partial charge < -0.3 is 4.90 Å². The molecule has 0 saturated carbocycles. The van der Waals surface area contributed by atoms with Crippen molar-refractivity contribution in [3.05, 3.63) is 75.9 Å². The van der Waals surface area contributed by atoms with Gasteiger partial charge in [0, 0.05) is 24.6 Å². The lowest BCUT2D eigenvalue weighted by atomic mass is 9.98. The monoisotopic (exact) mass is 366 g/mol. The molecule has 3 nitrogen and oxygen atoms in total. The number of rotatable bonds is 3. The number of benzene rings is 2. The second kappa shape index (κ2) is 7.00. The van der Waals surface area contributed by atoms with Crippen LogP contribution < -0.4 is 0 Å². The molecule has 26 heavy (non-hydrogen) atoms. The molecule has 0 N–H and O–H groups in total. The van der Waals surface area contributed by atoms with Crippen molar-refractivity contribution in [2.24, 2.45) is 0 Å². The number of carbonyl (C=O) groups excluding carboxylic acids is 1. The zero-order chi connectivity index (χ0) is 18.1. The fourth-order valence-corrected chi connectivity index (χ4v) is 4.42. The molecule has 2 aromatic carbocycles. The minimum atomic E-state index is -0.189. The van der Waals surface area contributed by atoms with Gasteiger partial charge in [-0.05, 0) is 25.0 Å². The quantitative estimate of drug-likeness (QED) is 0.661. The number of halogens is 1. The minimum absolute atomic E-state index is 0.00621. The topological polar surface area (TPSA) is 33.2 Å². The van der Waals surface area contributed by atoms with Crippen LogP contribution in [0.15, 0.2) is 54.6 Å². The number of carbonyl (C=O) groups is 1. The van der Waals surface area contributed by atoms with Crippen molar-refractivity contribution >= 4 is 17.2 Å². The molecule has 2 heterocycles. The molecule has 1 fully saturated rings. The van der Waals surface area contributed by atoms with Gasteiger partial charge in [-0.2, -0.15) is 0 Å². The van der Waals surface area contributed by atoms with E-state index in [2.05, 4.69) is 4.98 Å². The van der Waals surface area contributed by atoms with Crippen LogP contribution in [0.5, 0.6) is 0 Å². The molecule has 1 aliphatic rings. The Balaban J connectivity index is 1.59. The first-order chi connectivity index (χ1) is 12.6. The summed E-state index contributed by atoms with van der Waals surface area (Å²) in [4.78, 5) is 20.2. The predicted octanol–water partition coefficient (Wildman–Crippen LogP) is 4.89. The van der Waals surface area contributed by atoms with Crippen molar-refractivity contribution in [1.29, 1.82) is 0 Å². The molecule has 0 aliphatic carbocycles. The highest BCUT2D eigenvalue weighted by atomic mass is 32.1. The third kappa shape index (κ3) is 3.15. The highest BCUT2D eigenvalue weighted by Crippen LogP contribution is 2.33. The summed E-state index contributed by atoms with van der Waals surface area (Å²) in [5.41, 5.74) is 2.39. The van der Waals surface area contributed by atoms with E-state index in [0.717, 1.165) is 22.7 Å². The molecule has 1 atom stereocenters. The van der Waals surface area contributed by atoms with Gasteiger partial charge in [-0.3, -0.25) is 4.79 Å². The molecule has 1 unspecified atom stereocenters. The summed E-state index contributed by atoms with van der Waals surface area (Å²) in [5.74, 6) is -0.145. The predicted molar refractivity (Wildman–Crippen MR) is 102 cm³/mol. The van der Waals surface area contributed by atoms with Crippen LogP contribution in [-0.4, -0.2) is 28.9 Å². The number of aryl methyl sites for hydroxylation is 1. The van der Waals surface area contributed by atoms with Crippen LogP contribution >= 0.6 is 11.3 Å². The molecule has 5 heteroatoms. The van der Waals surface area contributed by atoms with Crippen molar-refractivity contribution < 1.29 is 9.18 Å². The van der Waals surface area contributed by atoms with Crippen LogP contribution in [-0.2, 0) is 0 Å². The van der Waals surface area contributed by atoms with E-state index >= 15 is 0 Å². The van der Waals surface area contributed by atoms with Crippen molar-refractivity contribution in [2.75, 3.05) is 13.1 Å². The lowest BCUT2D eigenvalue weighted by Crippen LogP contribution is -2.28. The standard InChI is InChI=1S/C21H19FN2OS/c1-14-23-19(15-7-3-2-4-8-15)20(26-14)21(25)24-12-11-16(13-24)17-9-5-6-10-18(17)22/h2-10,16H,11-13H2,1H3. The van der Waals surface area contributed by atoms with Gasteiger partial charge in [-0.25, -0.2) is 9.37 Å². The Kier molecular flexibility index (Phi) is 4.55. The third-order valence-corrected chi connectivity index (χ3v) is 5.75. The molecule has 4 rings (SSSR count). The number of thiazole rings is 1. The number of nitrogens with zero attached hydrogens (tertiary/aromatic N) is 2. The Morgan fingerprint density at radius 3 is 2.65 bits per heavy atom. The maximum atomic E-state index is 14.1. The first-order valence-electron chi connectivity index (χ1n) is 8.70. The number of amides is 1. The number of likely N-dealkylation sites (tertiary alicyclic amines) is 1. The number of aromatic nitrogens is 1. The number of hydrogen-bond donors (Lipinski definition) is 0. The molecule has 0 spiro atoms. The molecular formula is C21H19FN2OS. The van der Waals surface area contributed by atoms with Crippen LogP contribution in [0.3, 0.4) is 0 Å². The summed E-state index contributed by atoms with van der Waals surface area (Å²) >= 11 is 1.43. The lowest BCUT2D eigenvalue weighted by molar-refractivity contribution is 0.0796. The average molecular weight is 366 g/mol. The summed E-state index contributed by atoms with van der Waals surface area (Å²) in [6, 6.07) is 16.6. The third-order valence-electron chi connectivity index (χ3n) is 4.80. The molecular weight excluding hydrogens is 347 g/mol. The van der Waals surface area contributed by atoms with E-state index in [1.165, 1.54) is 17.4 Å². The van der Waals surface area contributed by atoms with Gasteiger partial charge in [0.2, 0.25) is 0 Å². The Labute approximate surface area is 156 Å². The molecule has 132 valence electrons. The second-order valence-corrected chi connectivity index (χ2v) is 7.74. The average Bonchev–Trinajstić information content (AvgIpc) is 3.29. The molecule has 0 bridgehead atoms. The maximum absolute atomic E-state index is 14.1. The molecule has 1 aliphatic heterocycles. The van der Waals surface area contributed by atoms with Crippen LogP contribution in [0.1, 0.15) is 32.6 Å². The molecule has 1 amide bonds. The van der Waals surface area contributed by atoms with E-state index in [-0.39, 0.29) is 17.6 Å². The first-order valence-corrected chi connectivity index (χ1v) is 9.51. The highest BCUT2D eigenvalue weighted by molar-refractivity contribution is 7.14. The summed E-state index contributed by atoms with van der Waals surface area (Å²) < 4.78 is 14.1. The summed E-state index contributed by atoms with van der Waals surface area (Å²) in [7, 11) is 0. The van der Waals surface area contributed by atoms with Crippen molar-refractivity contribution in [3.8, 4) is 11.3 Å². The Morgan fingerprint density at radius 1 is 1.15 bits per heavy atom. The zero-order valence-corrected chi connectivity index (χ0v) is 15.3. The molecule has 3 aromatic rings. The van der Waals surface area contributed by atoms with Gasteiger partial charge in [0.15, 0.2) is 0 Å². The molecule has 1 saturated heterocycles. The van der Waals surface area contributed by atoms with Crippen LogP contribution in [0.4, 0.5) is 4.39 Å². The first kappa shape index (κ1) is 16.9. The van der Waals surface area contributed by atoms with Crippen molar-refractivity contribution in [3.63, 3.8) is 0 Å².